The van der Waals surface area contributed by atoms with Crippen molar-refractivity contribution in [1.29, 1.82) is 0 Å². The monoisotopic (exact) mass is 1260 g/mol. The van der Waals surface area contributed by atoms with Gasteiger partial charge >= 0.3 is 14.2 Å². The van der Waals surface area contributed by atoms with Crippen molar-refractivity contribution in [2.75, 3.05) is 0 Å². The molecule has 4 heterocycles. The first-order valence-electron chi connectivity index (χ1n) is 39.0. The predicted molar refractivity (Wildman–Crippen MR) is 387 cm³/mol. The molecule has 0 N–H and O–H groups in total. The fourth-order valence-electron chi connectivity index (χ4n) is 16.6. The minimum absolute atomic E-state index is 0.312. The molecule has 9 rings (SSSR count). The zero-order valence-electron chi connectivity index (χ0n) is 60.8. The lowest BCUT2D eigenvalue weighted by molar-refractivity contribution is 0.00578. The summed E-state index contributed by atoms with van der Waals surface area (Å²) in [4.78, 5) is 0. The molecule has 2 aromatic heterocycles. The Morgan fingerprint density at radius 2 is 0.489 bits per heavy atom. The van der Waals surface area contributed by atoms with Crippen molar-refractivity contribution in [3.05, 3.63) is 46.5 Å². The Balaban J connectivity index is 1.19. The number of fused-ring (bicyclic) bond motifs is 10. The first kappa shape index (κ1) is 72.7. The minimum Gasteiger partial charge on any atom is -0.399 e. The van der Waals surface area contributed by atoms with E-state index in [1.54, 1.807) is 0 Å². The molecule has 3 aromatic carbocycles. The summed E-state index contributed by atoms with van der Waals surface area (Å²) in [5.74, 6) is 0. The van der Waals surface area contributed by atoms with Crippen LogP contribution < -0.4 is 10.9 Å². The van der Waals surface area contributed by atoms with E-state index in [1.807, 2.05) is 0 Å². The third kappa shape index (κ3) is 16.7. The lowest BCUT2D eigenvalue weighted by atomic mass is 9.67. The number of benzene rings is 3. The van der Waals surface area contributed by atoms with Gasteiger partial charge in [0.2, 0.25) is 0 Å². The SMILES string of the molecule is CCCCCCCCCCCCC1(CCCCCCCCCCCC)c2cc3c(cc2-c2c1cc(B1OC(C)(C)C(C)(C)O1)c1nonc21)C(CCCCCCCCCCCC)(CCCCCCCCCCCC)c1cc(B2OC(C)(C)C(C)(C)O2)c2nonc2c1-3. The second-order valence-corrected chi connectivity index (χ2v) is 31.7. The van der Waals surface area contributed by atoms with Gasteiger partial charge in [-0.1, -0.05) is 307 Å². The summed E-state index contributed by atoms with van der Waals surface area (Å²) < 4.78 is 40.0. The molecule has 4 aliphatic rings. The first-order valence-corrected chi connectivity index (χ1v) is 39.0. The average Bonchev–Trinajstić information content (AvgIpc) is 1.52. The molecule has 0 saturated carbocycles. The smallest absolute Gasteiger partial charge is 0.399 e. The van der Waals surface area contributed by atoms with E-state index in [1.165, 1.54) is 276 Å². The Kier molecular flexibility index (Phi) is 26.9. The van der Waals surface area contributed by atoms with Crippen LogP contribution in [0.5, 0.6) is 0 Å². The number of nitrogens with zero attached hydrogens (tertiary/aromatic N) is 4. The summed E-state index contributed by atoms with van der Waals surface area (Å²) in [5, 5.41) is 19.7. The van der Waals surface area contributed by atoms with Gasteiger partial charge in [-0.25, -0.2) is 9.26 Å². The summed E-state index contributed by atoms with van der Waals surface area (Å²) in [6, 6.07) is 10.4. The molecule has 0 spiro atoms. The second kappa shape index (κ2) is 34.1. The van der Waals surface area contributed by atoms with Gasteiger partial charge in [0.15, 0.2) is 0 Å². The third-order valence-electron chi connectivity index (χ3n) is 23.7. The van der Waals surface area contributed by atoms with Crippen LogP contribution in [0.3, 0.4) is 0 Å². The maximum Gasteiger partial charge on any atom is 0.497 e. The second-order valence-electron chi connectivity index (χ2n) is 31.7. The summed E-state index contributed by atoms with van der Waals surface area (Å²) in [5.41, 5.74) is 12.8. The van der Waals surface area contributed by atoms with Crippen LogP contribution in [0.25, 0.3) is 44.3 Å². The average molecular weight is 1260 g/mol. The number of aromatic nitrogens is 4. The standard InChI is InChI=1S/C80H128B2N4O6/c1-13-17-21-25-29-33-37-41-45-49-53-79(54-50-46-42-38-34-30-26-22-18-14-2)63-57-62-64(58-61(63)69-65(79)59-67(71-73(69)85-91-83-71)81-87-75(5,6)76(7,8)88-81)80(55-51-47-43-39-35-31-27-23-19-15-3,56-52-48-44-40-36-32-28-24-20-16-4)66-60-68(72-74(70(62)66)86-92-84-72)82-89-77(9,10)78(11,12)90-82/h57-60H,13-56H2,1-12H3. The lowest BCUT2D eigenvalue weighted by Crippen LogP contribution is -2.41. The van der Waals surface area contributed by atoms with Crippen molar-refractivity contribution < 1.29 is 27.9 Å². The molecule has 92 heavy (non-hydrogen) atoms. The van der Waals surface area contributed by atoms with Crippen LogP contribution in [0, 0.1) is 0 Å². The first-order chi connectivity index (χ1) is 44.5. The molecule has 2 saturated heterocycles. The maximum atomic E-state index is 7.00. The molecule has 0 radical (unpaired) electrons. The highest BCUT2D eigenvalue weighted by Crippen LogP contribution is 2.63. The van der Waals surface area contributed by atoms with Gasteiger partial charge in [-0.15, -0.1) is 0 Å². The van der Waals surface area contributed by atoms with Crippen molar-refractivity contribution in [1.82, 2.24) is 20.6 Å². The highest BCUT2D eigenvalue weighted by molar-refractivity contribution is 6.65. The highest BCUT2D eigenvalue weighted by atomic mass is 16.7. The molecule has 2 aliphatic carbocycles. The van der Waals surface area contributed by atoms with E-state index in [2.05, 4.69) is 107 Å². The maximum absolute atomic E-state index is 7.00. The summed E-state index contributed by atoms with van der Waals surface area (Å²) in [7, 11) is -1.23. The Hall–Kier alpha value is -3.57. The number of unbranched alkanes of at least 4 members (excludes halogenated alkanes) is 36. The Morgan fingerprint density at radius 1 is 0.272 bits per heavy atom. The van der Waals surface area contributed by atoms with Gasteiger partial charge in [-0.3, -0.25) is 0 Å². The summed E-state index contributed by atoms with van der Waals surface area (Å²) >= 11 is 0. The number of hydrogen-bond acceptors (Lipinski definition) is 10. The zero-order chi connectivity index (χ0) is 65.2. The Labute approximate surface area is 560 Å². The molecule has 0 atom stereocenters. The van der Waals surface area contributed by atoms with E-state index >= 15 is 0 Å². The van der Waals surface area contributed by atoms with E-state index in [4.69, 9.17) is 48.5 Å². The molecule has 2 aliphatic heterocycles. The van der Waals surface area contributed by atoms with Crippen LogP contribution in [0.15, 0.2) is 33.5 Å². The van der Waals surface area contributed by atoms with Crippen LogP contribution in [0.2, 0.25) is 0 Å². The Bertz CT molecular complexity index is 2770. The van der Waals surface area contributed by atoms with E-state index in [9.17, 15) is 0 Å². The molecule has 12 heteroatoms. The molecule has 0 bridgehead atoms. The van der Waals surface area contributed by atoms with Crippen LogP contribution in [0.4, 0.5) is 0 Å². The third-order valence-corrected chi connectivity index (χ3v) is 23.7. The van der Waals surface area contributed by atoms with E-state index in [0.717, 1.165) is 84.4 Å². The summed E-state index contributed by atoms with van der Waals surface area (Å²) in [6.07, 6.45) is 56.3. The van der Waals surface area contributed by atoms with Gasteiger partial charge in [0.25, 0.3) is 0 Å². The minimum atomic E-state index is -0.617. The van der Waals surface area contributed by atoms with Crippen LogP contribution in [0.1, 0.15) is 388 Å². The number of hydrogen-bond donors (Lipinski definition) is 0. The van der Waals surface area contributed by atoms with Crippen molar-refractivity contribution in [3.63, 3.8) is 0 Å². The van der Waals surface area contributed by atoms with Gasteiger partial charge in [0.1, 0.15) is 22.1 Å². The topological polar surface area (TPSA) is 115 Å². The quantitative estimate of drug-likeness (QED) is 0.0276. The summed E-state index contributed by atoms with van der Waals surface area (Å²) in [6.45, 7) is 26.5. The van der Waals surface area contributed by atoms with E-state index in [0.29, 0.717) is 0 Å². The fraction of sp³-hybridized carbons (Fsp3) is 0.775. The fourth-order valence-corrected chi connectivity index (χ4v) is 16.6. The molecule has 5 aromatic rings. The molecular formula is C80H128B2N4O6. The van der Waals surface area contributed by atoms with Gasteiger partial charge in [0, 0.05) is 32.9 Å². The molecule has 0 unspecified atom stereocenters. The largest absolute Gasteiger partial charge is 0.497 e. The van der Waals surface area contributed by atoms with Gasteiger partial charge in [-0.05, 0) is 137 Å². The van der Waals surface area contributed by atoms with Crippen LogP contribution in [-0.2, 0) is 29.4 Å². The molecule has 0 amide bonds. The molecule has 2 fully saturated rings. The van der Waals surface area contributed by atoms with Crippen molar-refractivity contribution in [2.24, 2.45) is 0 Å². The van der Waals surface area contributed by atoms with Gasteiger partial charge in [-0.2, -0.15) is 0 Å². The van der Waals surface area contributed by atoms with Gasteiger partial charge in [0.05, 0.1) is 22.4 Å². The lowest BCUT2D eigenvalue weighted by Gasteiger charge is -2.35. The molecular weight excluding hydrogens is 1130 g/mol. The van der Waals surface area contributed by atoms with Crippen molar-refractivity contribution in [3.8, 4) is 22.3 Å². The normalized spacial score (nSPS) is 17.8. The van der Waals surface area contributed by atoms with Crippen molar-refractivity contribution in [2.45, 2.75) is 399 Å². The van der Waals surface area contributed by atoms with Crippen LogP contribution in [-0.4, -0.2) is 57.3 Å². The number of rotatable bonds is 46. The highest BCUT2D eigenvalue weighted by Gasteiger charge is 2.57. The predicted octanol–water partition coefficient (Wildman–Crippen LogP) is 23.1. The van der Waals surface area contributed by atoms with Crippen LogP contribution >= 0.6 is 0 Å². The zero-order valence-corrected chi connectivity index (χ0v) is 60.8. The van der Waals surface area contributed by atoms with E-state index < -0.39 is 36.6 Å². The Morgan fingerprint density at radius 3 is 0.728 bits per heavy atom. The van der Waals surface area contributed by atoms with E-state index in [-0.39, 0.29) is 10.8 Å². The molecule has 10 nitrogen and oxygen atoms in total. The van der Waals surface area contributed by atoms with Gasteiger partial charge < -0.3 is 18.6 Å². The molecule has 510 valence electrons. The van der Waals surface area contributed by atoms with Crippen molar-refractivity contribution >= 4 is 47.2 Å².